The summed E-state index contributed by atoms with van der Waals surface area (Å²) < 4.78 is 28.5. The summed E-state index contributed by atoms with van der Waals surface area (Å²) in [6.45, 7) is 0.270. The Morgan fingerprint density at radius 2 is 2.12 bits per heavy atom. The first-order chi connectivity index (χ1) is 12.4. The minimum atomic E-state index is -1.34. The highest BCUT2D eigenvalue weighted by Crippen LogP contribution is 2.28. The fraction of sp³-hybridized carbons (Fsp3) is 0.133. The van der Waals surface area contributed by atoms with E-state index in [1.165, 1.54) is 12.1 Å². The number of amides is 1. The lowest BCUT2D eigenvalue weighted by Gasteiger charge is -2.10. The summed E-state index contributed by atoms with van der Waals surface area (Å²) in [5.74, 6) is -4.48. The molecule has 1 aliphatic heterocycles. The number of anilines is 1. The van der Waals surface area contributed by atoms with E-state index < -0.39 is 40.2 Å². The number of aromatic hydroxyl groups is 1. The van der Waals surface area contributed by atoms with Crippen molar-refractivity contribution in [3.63, 3.8) is 0 Å². The third-order valence-corrected chi connectivity index (χ3v) is 3.78. The van der Waals surface area contributed by atoms with E-state index in [-0.39, 0.29) is 29.4 Å². The van der Waals surface area contributed by atoms with Crippen LogP contribution in [0, 0.1) is 11.6 Å². The highest BCUT2D eigenvalue weighted by atomic mass is 32.1. The number of aromatic amines is 1. The number of carbonyl (C=O) groups excluding carboxylic acids is 1. The number of H-pyrrole nitrogens is 1. The van der Waals surface area contributed by atoms with E-state index in [9.17, 15) is 23.5 Å². The quantitative estimate of drug-likeness (QED) is 0.609. The van der Waals surface area contributed by atoms with Crippen molar-refractivity contribution in [1.82, 2.24) is 9.97 Å². The molecule has 1 aromatic heterocycles. The second kappa shape index (κ2) is 7.04. The normalized spacial score (nSPS) is 13.0. The minimum Gasteiger partial charge on any atom is -0.493 e. The van der Waals surface area contributed by atoms with Crippen molar-refractivity contribution in [3.05, 3.63) is 57.1 Å². The number of carbonyl (C=O) groups is 1. The molecule has 0 saturated heterocycles. The molecule has 0 bridgehead atoms. The van der Waals surface area contributed by atoms with Crippen molar-refractivity contribution < 1.29 is 18.7 Å². The van der Waals surface area contributed by atoms with Crippen molar-refractivity contribution >= 4 is 29.9 Å². The summed E-state index contributed by atoms with van der Waals surface area (Å²) in [6, 6.07) is 2.33. The fourth-order valence-corrected chi connectivity index (χ4v) is 2.41. The smallest absolute Gasteiger partial charge is 0.267 e. The number of nitrogens with zero attached hydrogens (tertiary/aromatic N) is 3. The molecule has 26 heavy (non-hydrogen) atoms. The molecule has 1 amide bonds. The van der Waals surface area contributed by atoms with E-state index >= 15 is 0 Å². The summed E-state index contributed by atoms with van der Waals surface area (Å²) in [4.78, 5) is 29.9. The van der Waals surface area contributed by atoms with Gasteiger partial charge in [-0.05, 0) is 18.2 Å². The number of azo groups is 1. The van der Waals surface area contributed by atoms with Gasteiger partial charge in [0.05, 0.1) is 17.9 Å². The zero-order valence-corrected chi connectivity index (χ0v) is 13.8. The van der Waals surface area contributed by atoms with Gasteiger partial charge in [0.25, 0.3) is 11.5 Å². The lowest BCUT2D eigenvalue weighted by atomic mass is 10.1. The van der Waals surface area contributed by atoms with Gasteiger partial charge in [0.2, 0.25) is 5.88 Å². The Labute approximate surface area is 150 Å². The second-order valence-corrected chi connectivity index (χ2v) is 5.44. The van der Waals surface area contributed by atoms with Gasteiger partial charge in [-0.25, -0.2) is 8.78 Å². The first kappa shape index (κ1) is 17.7. The number of hydrogen-bond acceptors (Lipinski definition) is 7. The molecule has 1 aliphatic rings. The number of benzene rings is 1. The number of thiol groups is 1. The third-order valence-electron chi connectivity index (χ3n) is 3.48. The van der Waals surface area contributed by atoms with Crippen molar-refractivity contribution in [2.75, 3.05) is 11.9 Å². The summed E-state index contributed by atoms with van der Waals surface area (Å²) in [7, 11) is 0. The van der Waals surface area contributed by atoms with E-state index in [4.69, 9.17) is 0 Å². The summed E-state index contributed by atoms with van der Waals surface area (Å²) in [5.41, 5.74) is -2.11. The van der Waals surface area contributed by atoms with Crippen LogP contribution in [0.15, 0.2) is 33.2 Å². The molecule has 0 unspecified atom stereocenters. The lowest BCUT2D eigenvalue weighted by molar-refractivity contribution is 0.102. The van der Waals surface area contributed by atoms with Crippen LogP contribution in [0.4, 0.5) is 14.5 Å². The van der Waals surface area contributed by atoms with Gasteiger partial charge in [-0.2, -0.15) is 27.8 Å². The Hall–Kier alpha value is -3.08. The number of hydrogen-bond donors (Lipinski definition) is 4. The molecule has 0 aliphatic carbocycles. The van der Waals surface area contributed by atoms with Crippen molar-refractivity contribution in [2.45, 2.75) is 5.75 Å². The van der Waals surface area contributed by atoms with Crippen LogP contribution in [-0.4, -0.2) is 27.5 Å². The minimum absolute atomic E-state index is 0.0270. The van der Waals surface area contributed by atoms with Gasteiger partial charge < -0.3 is 15.4 Å². The van der Waals surface area contributed by atoms with Gasteiger partial charge in [-0.3, -0.25) is 9.59 Å². The van der Waals surface area contributed by atoms with Gasteiger partial charge in [0, 0.05) is 11.3 Å². The summed E-state index contributed by atoms with van der Waals surface area (Å²) >= 11 is 3.89. The van der Waals surface area contributed by atoms with Crippen LogP contribution < -0.4 is 10.9 Å². The molecule has 2 heterocycles. The van der Waals surface area contributed by atoms with Crippen LogP contribution >= 0.6 is 12.6 Å². The van der Waals surface area contributed by atoms with E-state index in [0.717, 1.165) is 6.07 Å². The average Bonchev–Trinajstić information content (AvgIpc) is 3.12. The Bertz CT molecular complexity index is 1020. The lowest BCUT2D eigenvalue weighted by Crippen LogP contribution is -2.25. The molecule has 3 N–H and O–H groups in total. The standard InChI is InChI=1S/C15H11F2N5O3S/c16-11-6(7-3-4-18-22-7)1-2-8(12(11)17)19-13(23)10-14(24)20-9(5-26)21-15(10)25/h1-3,26H,4-5H2,(H,19,23)(H2,20,21,24,25). The number of aromatic nitrogens is 2. The summed E-state index contributed by atoms with van der Waals surface area (Å²) in [6.07, 6.45) is 1.52. The van der Waals surface area contributed by atoms with E-state index in [1.54, 1.807) is 0 Å². The molecule has 0 spiro atoms. The van der Waals surface area contributed by atoms with Gasteiger partial charge in [0.15, 0.2) is 17.2 Å². The molecule has 0 saturated carbocycles. The number of rotatable bonds is 4. The predicted octanol–water partition coefficient (Wildman–Crippen LogP) is 2.24. The van der Waals surface area contributed by atoms with E-state index in [2.05, 4.69) is 32.8 Å². The van der Waals surface area contributed by atoms with Crippen molar-refractivity contribution in [3.8, 4) is 5.88 Å². The van der Waals surface area contributed by atoms with Crippen LogP contribution in [0.1, 0.15) is 21.7 Å². The first-order valence-corrected chi connectivity index (χ1v) is 7.86. The topological polar surface area (TPSA) is 120 Å². The SMILES string of the molecule is O=C(Nc1ccc(C2=CCN=N2)c(F)c1F)c1c(O)nc(CS)[nH]c1=O. The Morgan fingerprint density at radius 1 is 1.35 bits per heavy atom. The zero-order chi connectivity index (χ0) is 18.8. The molecule has 0 radical (unpaired) electrons. The Morgan fingerprint density at radius 3 is 2.73 bits per heavy atom. The Balaban J connectivity index is 1.92. The number of nitrogens with one attached hydrogen (secondary N) is 2. The molecule has 0 atom stereocenters. The molecule has 8 nitrogen and oxygen atoms in total. The van der Waals surface area contributed by atoms with Gasteiger partial charge in [-0.15, -0.1) is 0 Å². The zero-order valence-electron chi connectivity index (χ0n) is 13.0. The Kier molecular flexibility index (Phi) is 4.80. The van der Waals surface area contributed by atoms with Gasteiger partial charge >= 0.3 is 0 Å². The third kappa shape index (κ3) is 3.20. The fourth-order valence-electron chi connectivity index (χ4n) is 2.26. The maximum atomic E-state index is 14.2. The van der Waals surface area contributed by atoms with Crippen LogP contribution in [-0.2, 0) is 5.75 Å². The van der Waals surface area contributed by atoms with Gasteiger partial charge in [-0.1, -0.05) is 0 Å². The van der Waals surface area contributed by atoms with E-state index in [0.29, 0.717) is 0 Å². The molecular weight excluding hydrogens is 368 g/mol. The molecule has 3 rings (SSSR count). The second-order valence-electron chi connectivity index (χ2n) is 5.13. The van der Waals surface area contributed by atoms with Crippen molar-refractivity contribution in [1.29, 1.82) is 0 Å². The molecule has 11 heteroatoms. The predicted molar refractivity (Wildman–Crippen MR) is 91.2 cm³/mol. The highest BCUT2D eigenvalue weighted by molar-refractivity contribution is 7.79. The van der Waals surface area contributed by atoms with Crippen molar-refractivity contribution in [2.24, 2.45) is 10.2 Å². The molecule has 1 aromatic carbocycles. The van der Waals surface area contributed by atoms with E-state index in [1.807, 2.05) is 5.32 Å². The molecule has 0 fully saturated rings. The molecular formula is C15H11F2N5O3S. The largest absolute Gasteiger partial charge is 0.493 e. The summed E-state index contributed by atoms with van der Waals surface area (Å²) in [5, 5.41) is 19.1. The molecule has 2 aromatic rings. The maximum absolute atomic E-state index is 14.2. The average molecular weight is 379 g/mol. The number of halogens is 2. The van der Waals surface area contributed by atoms with Crippen LogP contribution in [0.25, 0.3) is 5.70 Å². The highest BCUT2D eigenvalue weighted by Gasteiger charge is 2.22. The first-order valence-electron chi connectivity index (χ1n) is 7.22. The van der Waals surface area contributed by atoms with Gasteiger partial charge in [0.1, 0.15) is 5.82 Å². The molecule has 134 valence electrons. The van der Waals surface area contributed by atoms with Crippen LogP contribution in [0.3, 0.4) is 0 Å². The van der Waals surface area contributed by atoms with Crippen LogP contribution in [0.2, 0.25) is 0 Å². The maximum Gasteiger partial charge on any atom is 0.267 e. The van der Waals surface area contributed by atoms with Crippen LogP contribution in [0.5, 0.6) is 5.88 Å². The monoisotopic (exact) mass is 379 g/mol.